The largest absolute Gasteiger partial charge is 0.494 e. The van der Waals surface area contributed by atoms with Gasteiger partial charge in [0.1, 0.15) is 11.4 Å². The molecule has 6 nitrogen and oxygen atoms in total. The molecule has 0 saturated carbocycles. The molecule has 2 aromatic carbocycles. The lowest BCUT2D eigenvalue weighted by molar-refractivity contribution is -0.137. The van der Waals surface area contributed by atoms with Crippen LogP contribution in [-0.2, 0) is 14.3 Å². The molecule has 1 N–H and O–H groups in total. The average Bonchev–Trinajstić information content (AvgIpc) is 3.05. The number of rotatable bonds is 12. The van der Waals surface area contributed by atoms with E-state index >= 15 is 0 Å². The van der Waals surface area contributed by atoms with Crippen molar-refractivity contribution in [1.29, 1.82) is 0 Å². The summed E-state index contributed by atoms with van der Waals surface area (Å²) in [5.41, 5.74) is 3.35. The van der Waals surface area contributed by atoms with Gasteiger partial charge in [-0.3, -0.25) is 14.5 Å². The van der Waals surface area contributed by atoms with Gasteiger partial charge in [0, 0.05) is 25.4 Å². The third-order valence-electron chi connectivity index (χ3n) is 5.51. The number of anilines is 1. The van der Waals surface area contributed by atoms with E-state index in [2.05, 4.69) is 19.2 Å². The molecule has 0 bridgehead atoms. The van der Waals surface area contributed by atoms with E-state index in [1.807, 2.05) is 62.4 Å². The molecule has 6 heteroatoms. The Balaban J connectivity index is 1.90. The van der Waals surface area contributed by atoms with Gasteiger partial charge in [0.25, 0.3) is 11.8 Å². The molecule has 0 fully saturated rings. The van der Waals surface area contributed by atoms with Crippen molar-refractivity contribution in [1.82, 2.24) is 4.90 Å². The van der Waals surface area contributed by atoms with Crippen molar-refractivity contribution in [3.8, 4) is 5.75 Å². The molecule has 1 heterocycles. The molecular weight excluding hydrogens is 416 g/mol. The smallest absolute Gasteiger partial charge is 0.278 e. The van der Waals surface area contributed by atoms with Crippen LogP contribution >= 0.6 is 0 Å². The number of nitrogens with zero attached hydrogens (tertiary/aromatic N) is 1. The number of benzene rings is 2. The number of nitrogens with one attached hydrogen (secondary N) is 1. The number of carbonyl (C=O) groups is 2. The average molecular weight is 451 g/mol. The number of ether oxygens (including phenoxy) is 2. The van der Waals surface area contributed by atoms with Gasteiger partial charge < -0.3 is 14.8 Å². The SMILES string of the molecule is CCCOc1ccc(C2=C(Nc3ccc(C(C)C)cc3)C(=O)N(CCCOCC)C2=O)cc1. The van der Waals surface area contributed by atoms with Gasteiger partial charge >= 0.3 is 0 Å². The molecule has 1 aliphatic rings. The van der Waals surface area contributed by atoms with Gasteiger partial charge in [0.05, 0.1) is 12.2 Å². The fourth-order valence-corrected chi connectivity index (χ4v) is 3.67. The van der Waals surface area contributed by atoms with Crippen LogP contribution < -0.4 is 10.1 Å². The number of hydrogen-bond donors (Lipinski definition) is 1. The van der Waals surface area contributed by atoms with E-state index in [-0.39, 0.29) is 11.8 Å². The summed E-state index contributed by atoms with van der Waals surface area (Å²) in [5.74, 6) is 0.550. The molecule has 2 aromatic rings. The van der Waals surface area contributed by atoms with Crippen LogP contribution in [-0.4, -0.2) is 43.1 Å². The summed E-state index contributed by atoms with van der Waals surface area (Å²) in [4.78, 5) is 27.9. The molecule has 176 valence electrons. The summed E-state index contributed by atoms with van der Waals surface area (Å²) < 4.78 is 11.0. The Morgan fingerprint density at radius 2 is 1.61 bits per heavy atom. The third kappa shape index (κ3) is 6.02. The molecular formula is C27H34N2O4. The monoisotopic (exact) mass is 450 g/mol. The van der Waals surface area contributed by atoms with Crippen molar-refractivity contribution in [3.63, 3.8) is 0 Å². The van der Waals surface area contributed by atoms with Crippen molar-refractivity contribution in [2.45, 2.75) is 46.5 Å². The van der Waals surface area contributed by atoms with Gasteiger partial charge in [-0.25, -0.2) is 0 Å². The molecule has 1 aliphatic heterocycles. The highest BCUT2D eigenvalue weighted by Gasteiger charge is 2.38. The third-order valence-corrected chi connectivity index (χ3v) is 5.51. The van der Waals surface area contributed by atoms with Crippen LogP contribution in [0.25, 0.3) is 5.57 Å². The van der Waals surface area contributed by atoms with Crippen LogP contribution in [0.2, 0.25) is 0 Å². The van der Waals surface area contributed by atoms with Gasteiger partial charge in [0.15, 0.2) is 0 Å². The number of hydrogen-bond acceptors (Lipinski definition) is 5. The fraction of sp³-hybridized carbons (Fsp3) is 0.407. The minimum absolute atomic E-state index is 0.292. The van der Waals surface area contributed by atoms with E-state index in [0.29, 0.717) is 55.5 Å². The molecule has 33 heavy (non-hydrogen) atoms. The van der Waals surface area contributed by atoms with Gasteiger partial charge in [0.2, 0.25) is 0 Å². The zero-order chi connectivity index (χ0) is 23.8. The number of carbonyl (C=O) groups excluding carboxylic acids is 2. The van der Waals surface area contributed by atoms with Crippen LogP contribution in [0.3, 0.4) is 0 Å². The van der Waals surface area contributed by atoms with E-state index in [4.69, 9.17) is 9.47 Å². The molecule has 0 aliphatic carbocycles. The number of amides is 2. The van der Waals surface area contributed by atoms with Crippen molar-refractivity contribution in [2.24, 2.45) is 0 Å². The molecule has 0 radical (unpaired) electrons. The van der Waals surface area contributed by atoms with Crippen LogP contribution in [0.4, 0.5) is 5.69 Å². The molecule has 3 rings (SSSR count). The molecule has 0 atom stereocenters. The summed E-state index contributed by atoms with van der Waals surface area (Å²) in [5, 5.41) is 3.22. The second kappa shape index (κ2) is 11.7. The Bertz CT molecular complexity index is 978. The molecule has 0 saturated heterocycles. The summed E-state index contributed by atoms with van der Waals surface area (Å²) in [6.07, 6.45) is 1.51. The summed E-state index contributed by atoms with van der Waals surface area (Å²) in [6.45, 7) is 10.3. The quantitative estimate of drug-likeness (QED) is 0.355. The first kappa shape index (κ1) is 24.5. The zero-order valence-corrected chi connectivity index (χ0v) is 20.0. The van der Waals surface area contributed by atoms with Crippen LogP contribution in [0.1, 0.15) is 57.6 Å². The summed E-state index contributed by atoms with van der Waals surface area (Å²) in [7, 11) is 0. The molecule has 0 unspecified atom stereocenters. The molecule has 0 aromatic heterocycles. The first-order chi connectivity index (χ1) is 16.0. The van der Waals surface area contributed by atoms with E-state index in [1.54, 1.807) is 0 Å². The fourth-order valence-electron chi connectivity index (χ4n) is 3.67. The lowest BCUT2D eigenvalue weighted by Crippen LogP contribution is -2.34. The Labute approximate surface area is 196 Å². The van der Waals surface area contributed by atoms with Crippen molar-refractivity contribution in [3.05, 3.63) is 65.4 Å². The number of imide groups is 1. The first-order valence-corrected chi connectivity index (χ1v) is 11.7. The minimum Gasteiger partial charge on any atom is -0.494 e. The Kier molecular flexibility index (Phi) is 8.66. The first-order valence-electron chi connectivity index (χ1n) is 11.7. The van der Waals surface area contributed by atoms with Gasteiger partial charge in [-0.05, 0) is 61.1 Å². The van der Waals surface area contributed by atoms with Crippen LogP contribution in [0.5, 0.6) is 5.75 Å². The van der Waals surface area contributed by atoms with Crippen LogP contribution in [0, 0.1) is 0 Å². The summed E-state index contributed by atoms with van der Waals surface area (Å²) in [6, 6.07) is 15.3. The Morgan fingerprint density at radius 3 is 2.21 bits per heavy atom. The topological polar surface area (TPSA) is 67.9 Å². The highest BCUT2D eigenvalue weighted by atomic mass is 16.5. The second-order valence-corrected chi connectivity index (χ2v) is 8.34. The lowest BCUT2D eigenvalue weighted by atomic mass is 10.0. The zero-order valence-electron chi connectivity index (χ0n) is 20.0. The maximum Gasteiger partial charge on any atom is 0.278 e. The predicted molar refractivity (Wildman–Crippen MR) is 131 cm³/mol. The highest BCUT2D eigenvalue weighted by molar-refractivity contribution is 6.36. The van der Waals surface area contributed by atoms with Gasteiger partial charge in [-0.2, -0.15) is 0 Å². The van der Waals surface area contributed by atoms with Gasteiger partial charge in [-0.1, -0.05) is 45.0 Å². The van der Waals surface area contributed by atoms with E-state index in [1.165, 1.54) is 10.5 Å². The van der Waals surface area contributed by atoms with Gasteiger partial charge in [-0.15, -0.1) is 0 Å². The maximum absolute atomic E-state index is 13.3. The van der Waals surface area contributed by atoms with Crippen molar-refractivity contribution < 1.29 is 19.1 Å². The van der Waals surface area contributed by atoms with E-state index in [0.717, 1.165) is 17.9 Å². The van der Waals surface area contributed by atoms with Crippen molar-refractivity contribution in [2.75, 3.05) is 31.7 Å². The van der Waals surface area contributed by atoms with Crippen molar-refractivity contribution >= 4 is 23.1 Å². The minimum atomic E-state index is -0.314. The Hall–Kier alpha value is -3.12. The lowest BCUT2D eigenvalue weighted by Gasteiger charge is -2.15. The normalized spacial score (nSPS) is 13.9. The van der Waals surface area contributed by atoms with Crippen LogP contribution in [0.15, 0.2) is 54.2 Å². The maximum atomic E-state index is 13.3. The van der Waals surface area contributed by atoms with E-state index in [9.17, 15) is 9.59 Å². The standard InChI is InChI=1S/C27H34N2O4/c1-5-17-33-23-14-10-21(11-15-23)24-25(28-22-12-8-20(9-13-22)19(3)4)27(31)29(26(24)30)16-7-18-32-6-2/h8-15,19,28H,5-7,16-18H2,1-4H3. The molecule has 2 amide bonds. The summed E-state index contributed by atoms with van der Waals surface area (Å²) >= 11 is 0. The van der Waals surface area contributed by atoms with E-state index < -0.39 is 0 Å². The molecule has 0 spiro atoms. The highest BCUT2D eigenvalue weighted by Crippen LogP contribution is 2.32. The predicted octanol–water partition coefficient (Wildman–Crippen LogP) is 5.22. The Morgan fingerprint density at radius 1 is 0.909 bits per heavy atom. The second-order valence-electron chi connectivity index (χ2n) is 8.34.